The molecule has 11 heavy (non-hydrogen) atoms. The lowest BCUT2D eigenvalue weighted by molar-refractivity contribution is -0.149. The molecule has 0 aromatic heterocycles. The van der Waals surface area contributed by atoms with Crippen LogP contribution in [0, 0.1) is 0 Å². The molecule has 0 amide bonds. The fourth-order valence-electron chi connectivity index (χ4n) is 0.543. The van der Waals surface area contributed by atoms with E-state index in [0.717, 1.165) is 0 Å². The number of halogens is 1. The minimum absolute atomic E-state index is 0.137. The summed E-state index contributed by atoms with van der Waals surface area (Å²) in [6, 6.07) is 0. The maximum Gasteiger partial charge on any atom is 0.316 e. The van der Waals surface area contributed by atoms with Crippen LogP contribution in [0.5, 0.6) is 0 Å². The lowest BCUT2D eigenvalue weighted by Crippen LogP contribution is -2.18. The van der Waals surface area contributed by atoms with Gasteiger partial charge in [0.25, 0.3) is 0 Å². The molecule has 0 aliphatic rings. The van der Waals surface area contributed by atoms with Crippen LogP contribution < -0.4 is 0 Å². The second kappa shape index (κ2) is 5.34. The normalized spacial score (nSPS) is 12.2. The number of carbonyl (C=O) groups is 2. The molecule has 0 aliphatic carbocycles. The third kappa shape index (κ3) is 6.08. The Balaban J connectivity index is 3.60. The van der Waals surface area contributed by atoms with Crippen molar-refractivity contribution in [3.8, 4) is 0 Å². The van der Waals surface area contributed by atoms with Crippen molar-refractivity contribution in [2.75, 3.05) is 4.43 Å². The molecule has 0 radical (unpaired) electrons. The van der Waals surface area contributed by atoms with Crippen molar-refractivity contribution >= 4 is 34.5 Å². The van der Waals surface area contributed by atoms with Gasteiger partial charge < -0.3 is 9.84 Å². The Morgan fingerprint density at radius 3 is 2.55 bits per heavy atom. The van der Waals surface area contributed by atoms with Gasteiger partial charge in [0, 0.05) is 0 Å². The summed E-state index contributed by atoms with van der Waals surface area (Å²) in [6.45, 7) is 1.55. The summed E-state index contributed by atoms with van der Waals surface area (Å²) >= 11 is 1.86. The Morgan fingerprint density at radius 1 is 1.64 bits per heavy atom. The number of ether oxygens (including phenoxy) is 1. The van der Waals surface area contributed by atoms with E-state index in [1.807, 2.05) is 22.6 Å². The molecule has 0 saturated carbocycles. The summed E-state index contributed by atoms with van der Waals surface area (Å²) in [4.78, 5) is 20.7. The minimum atomic E-state index is -0.959. The molecule has 0 aromatic rings. The van der Waals surface area contributed by atoms with Crippen LogP contribution in [0.4, 0.5) is 0 Å². The predicted molar refractivity (Wildman–Crippen MR) is 46.7 cm³/mol. The van der Waals surface area contributed by atoms with Crippen LogP contribution in [0.2, 0.25) is 0 Å². The highest BCUT2D eigenvalue weighted by atomic mass is 127. The van der Waals surface area contributed by atoms with Crippen molar-refractivity contribution in [3.05, 3.63) is 0 Å². The summed E-state index contributed by atoms with van der Waals surface area (Å²) in [5, 5.41) is 8.28. The first kappa shape index (κ1) is 10.7. The van der Waals surface area contributed by atoms with Gasteiger partial charge in [-0.1, -0.05) is 22.6 Å². The van der Waals surface area contributed by atoms with Gasteiger partial charge in [-0.25, -0.2) is 0 Å². The molecular formula is C6H9IO4. The molecule has 4 nitrogen and oxygen atoms in total. The van der Waals surface area contributed by atoms with Crippen molar-refractivity contribution in [1.29, 1.82) is 0 Å². The number of carbonyl (C=O) groups excluding carboxylic acids is 1. The van der Waals surface area contributed by atoms with Crippen molar-refractivity contribution in [2.24, 2.45) is 0 Å². The summed E-state index contributed by atoms with van der Waals surface area (Å²) < 4.78 is 4.93. The zero-order valence-electron chi connectivity index (χ0n) is 6.04. The summed E-state index contributed by atoms with van der Waals surface area (Å²) in [7, 11) is 0. The first-order valence-electron chi connectivity index (χ1n) is 3.03. The van der Waals surface area contributed by atoms with Gasteiger partial charge in [0.1, 0.15) is 6.10 Å². The Kier molecular flexibility index (Phi) is 5.18. The fourth-order valence-corrected chi connectivity index (χ4v) is 0.723. The highest BCUT2D eigenvalue weighted by Crippen LogP contribution is 1.99. The van der Waals surface area contributed by atoms with Gasteiger partial charge in [-0.15, -0.1) is 0 Å². The number of hydrogen-bond acceptors (Lipinski definition) is 3. The number of hydrogen-bond donors (Lipinski definition) is 1. The van der Waals surface area contributed by atoms with Gasteiger partial charge in [-0.05, 0) is 6.92 Å². The van der Waals surface area contributed by atoms with Crippen LogP contribution in [-0.4, -0.2) is 27.6 Å². The Morgan fingerprint density at radius 2 is 2.18 bits per heavy atom. The molecular weight excluding hydrogens is 263 g/mol. The van der Waals surface area contributed by atoms with Gasteiger partial charge in [0.2, 0.25) is 0 Å². The molecule has 64 valence electrons. The average Bonchev–Trinajstić information content (AvgIpc) is 1.85. The van der Waals surface area contributed by atoms with E-state index in [0.29, 0.717) is 0 Å². The quantitative estimate of drug-likeness (QED) is 0.467. The van der Waals surface area contributed by atoms with E-state index in [9.17, 15) is 9.59 Å². The third-order valence-corrected chi connectivity index (χ3v) is 1.53. The lowest BCUT2D eigenvalue weighted by Gasteiger charge is -2.08. The SMILES string of the molecule is CC(CC(=O)O)OC(=O)CI. The minimum Gasteiger partial charge on any atom is -0.481 e. The Labute approximate surface area is 78.1 Å². The molecule has 1 N–H and O–H groups in total. The number of aliphatic carboxylic acids is 1. The van der Waals surface area contributed by atoms with Crippen molar-refractivity contribution in [1.82, 2.24) is 0 Å². The Bertz CT molecular complexity index is 157. The van der Waals surface area contributed by atoms with E-state index in [-0.39, 0.29) is 16.8 Å². The van der Waals surface area contributed by atoms with E-state index < -0.39 is 12.1 Å². The highest BCUT2D eigenvalue weighted by Gasteiger charge is 2.11. The lowest BCUT2D eigenvalue weighted by atomic mass is 10.3. The second-order valence-corrected chi connectivity index (χ2v) is 2.79. The van der Waals surface area contributed by atoms with E-state index in [1.165, 1.54) is 0 Å². The largest absolute Gasteiger partial charge is 0.481 e. The standard InChI is InChI=1S/C6H9IO4/c1-4(2-5(8)9)11-6(10)3-7/h4H,2-3H2,1H3,(H,8,9). The summed E-state index contributed by atoms with van der Waals surface area (Å²) in [5.41, 5.74) is 0. The van der Waals surface area contributed by atoms with Crippen LogP contribution in [-0.2, 0) is 14.3 Å². The zero-order chi connectivity index (χ0) is 8.85. The Hall–Kier alpha value is -0.330. The molecule has 1 unspecified atom stereocenters. The number of rotatable bonds is 4. The maximum absolute atomic E-state index is 10.6. The molecule has 0 saturated heterocycles. The van der Waals surface area contributed by atoms with Gasteiger partial charge >= 0.3 is 11.9 Å². The molecule has 0 aromatic carbocycles. The van der Waals surface area contributed by atoms with Crippen LogP contribution in [0.15, 0.2) is 0 Å². The molecule has 0 spiro atoms. The van der Waals surface area contributed by atoms with E-state index in [4.69, 9.17) is 5.11 Å². The zero-order valence-corrected chi connectivity index (χ0v) is 8.20. The summed E-state index contributed by atoms with van der Waals surface area (Å²) in [6.07, 6.45) is -0.669. The molecule has 0 fully saturated rings. The first-order chi connectivity index (χ1) is 5.06. The molecule has 0 aliphatic heterocycles. The van der Waals surface area contributed by atoms with Crippen molar-refractivity contribution in [2.45, 2.75) is 19.4 Å². The monoisotopic (exact) mass is 272 g/mol. The van der Waals surface area contributed by atoms with E-state index in [1.54, 1.807) is 6.92 Å². The number of alkyl halides is 1. The fraction of sp³-hybridized carbons (Fsp3) is 0.667. The smallest absolute Gasteiger partial charge is 0.316 e. The number of carboxylic acids is 1. The van der Waals surface area contributed by atoms with Gasteiger partial charge in [-0.2, -0.15) is 0 Å². The van der Waals surface area contributed by atoms with Crippen LogP contribution in [0.25, 0.3) is 0 Å². The third-order valence-electron chi connectivity index (χ3n) is 0.904. The molecule has 0 rings (SSSR count). The number of esters is 1. The van der Waals surface area contributed by atoms with Gasteiger partial charge in [0.05, 0.1) is 10.8 Å². The number of carboxylic acid groups (broad SMARTS) is 1. The topological polar surface area (TPSA) is 63.6 Å². The van der Waals surface area contributed by atoms with Crippen LogP contribution in [0.1, 0.15) is 13.3 Å². The highest BCUT2D eigenvalue weighted by molar-refractivity contribution is 14.1. The molecule has 0 bridgehead atoms. The van der Waals surface area contributed by atoms with Crippen molar-refractivity contribution < 1.29 is 19.4 Å². The van der Waals surface area contributed by atoms with Gasteiger partial charge in [0.15, 0.2) is 0 Å². The average molecular weight is 272 g/mol. The van der Waals surface area contributed by atoms with Crippen LogP contribution >= 0.6 is 22.6 Å². The maximum atomic E-state index is 10.6. The molecule has 0 heterocycles. The van der Waals surface area contributed by atoms with Crippen molar-refractivity contribution in [3.63, 3.8) is 0 Å². The van der Waals surface area contributed by atoms with Gasteiger partial charge in [-0.3, -0.25) is 9.59 Å². The molecule has 1 atom stereocenters. The predicted octanol–water partition coefficient (Wildman–Crippen LogP) is 0.828. The van der Waals surface area contributed by atoms with Crippen LogP contribution in [0.3, 0.4) is 0 Å². The van der Waals surface area contributed by atoms with E-state index >= 15 is 0 Å². The first-order valence-corrected chi connectivity index (χ1v) is 4.56. The second-order valence-electron chi connectivity index (χ2n) is 2.03. The molecule has 5 heteroatoms. The van der Waals surface area contributed by atoms with E-state index in [2.05, 4.69) is 4.74 Å². The summed E-state index contributed by atoms with van der Waals surface area (Å²) in [5.74, 6) is -1.34.